The molecule has 0 atom stereocenters. The first-order valence-corrected chi connectivity index (χ1v) is 4.07. The van der Waals surface area contributed by atoms with Crippen molar-refractivity contribution in [2.75, 3.05) is 0 Å². The zero-order valence-corrected chi connectivity index (χ0v) is 11.6. The van der Waals surface area contributed by atoms with Gasteiger partial charge in [-0.15, -0.1) is 0 Å². The summed E-state index contributed by atoms with van der Waals surface area (Å²) in [7, 11) is 0. The van der Waals surface area contributed by atoms with Crippen molar-refractivity contribution in [3.8, 4) is 6.07 Å². The van der Waals surface area contributed by atoms with E-state index in [1.807, 2.05) is 6.07 Å². The second-order valence-electron chi connectivity index (χ2n) is 2.70. The van der Waals surface area contributed by atoms with E-state index in [2.05, 4.69) is 44.3 Å². The van der Waals surface area contributed by atoms with Gasteiger partial charge in [-0.3, -0.25) is 18.6 Å². The van der Waals surface area contributed by atoms with Crippen LogP contribution in [0, 0.1) is 17.2 Å². The quantitative estimate of drug-likeness (QED) is 0.410. The standard InChI is InChI=1S/C5H3N3.C4H9.2CHO.Ru/c6-3-5-4-7-1-2-8-5;1-4(2)3;2*1-2;/h1-2,4H;1-3H3;2*1H;/q;3*-1;+3. The fourth-order valence-electron chi connectivity index (χ4n) is 0.357. The van der Waals surface area contributed by atoms with Gasteiger partial charge in [0.15, 0.2) is 5.69 Å². The van der Waals surface area contributed by atoms with Crippen molar-refractivity contribution in [3.05, 3.63) is 30.2 Å². The smallest absolute Gasteiger partial charge is 0.545 e. The first-order chi connectivity index (χ1) is 7.66. The van der Waals surface area contributed by atoms with Crippen LogP contribution in [0.4, 0.5) is 0 Å². The molecule has 0 N–H and O–H groups in total. The fraction of sp³-hybridized carbons (Fsp3) is 0.273. The minimum absolute atomic E-state index is 0. The molecule has 0 aromatic carbocycles. The fourth-order valence-corrected chi connectivity index (χ4v) is 0.357. The molecule has 0 fully saturated rings. The van der Waals surface area contributed by atoms with Gasteiger partial charge < -0.3 is 15.5 Å². The molecule has 1 aromatic heterocycles. The van der Waals surface area contributed by atoms with Gasteiger partial charge in [-0.25, -0.2) is 4.98 Å². The third-order valence-corrected chi connectivity index (χ3v) is 0.678. The van der Waals surface area contributed by atoms with Gasteiger partial charge in [-0.05, 0) is 0 Å². The van der Waals surface area contributed by atoms with E-state index in [-0.39, 0.29) is 19.5 Å². The topological polar surface area (TPSA) is 83.7 Å². The van der Waals surface area contributed by atoms with Crippen LogP contribution < -0.4 is 0 Å². The Hall–Kier alpha value is -1.47. The Morgan fingerprint density at radius 2 is 1.59 bits per heavy atom. The van der Waals surface area contributed by atoms with E-state index in [4.69, 9.17) is 14.9 Å². The first-order valence-electron chi connectivity index (χ1n) is 4.07. The largest absolute Gasteiger partial charge is 3.00 e. The maximum atomic E-state index is 8.19. The van der Waals surface area contributed by atoms with Gasteiger partial charge in [0.1, 0.15) is 6.07 Å². The van der Waals surface area contributed by atoms with Crippen LogP contribution in [0.3, 0.4) is 0 Å². The summed E-state index contributed by atoms with van der Waals surface area (Å²) in [6.45, 7) is 12.8. The Bertz CT molecular complexity index is 271. The van der Waals surface area contributed by atoms with Crippen LogP contribution in [-0.2, 0) is 29.1 Å². The van der Waals surface area contributed by atoms with Crippen LogP contribution in [0.15, 0.2) is 18.6 Å². The van der Waals surface area contributed by atoms with E-state index >= 15 is 0 Å². The third kappa shape index (κ3) is 31.4. The van der Waals surface area contributed by atoms with Crippen molar-refractivity contribution in [2.24, 2.45) is 0 Å². The zero-order chi connectivity index (χ0) is 13.4. The monoisotopic (exact) mass is 322 g/mol. The molecule has 1 radical (unpaired) electrons. The summed E-state index contributed by atoms with van der Waals surface area (Å²) >= 11 is 0. The molecule has 1 aromatic rings. The molecule has 93 valence electrons. The number of nitriles is 1. The molecule has 6 heteroatoms. The molecule has 0 unspecified atom stereocenters. The summed E-state index contributed by atoms with van der Waals surface area (Å²) in [6.07, 6.45) is 4.43. The molecule has 0 bridgehead atoms. The van der Waals surface area contributed by atoms with Crippen LogP contribution in [0.2, 0.25) is 0 Å². The predicted molar refractivity (Wildman–Crippen MR) is 60.5 cm³/mol. The predicted octanol–water partition coefficient (Wildman–Crippen LogP) is 1.42. The second kappa shape index (κ2) is 24.0. The number of hydrogen-bond donors (Lipinski definition) is 0. The minimum atomic E-state index is 0. The van der Waals surface area contributed by atoms with Crippen molar-refractivity contribution in [1.82, 2.24) is 9.97 Å². The number of nitrogens with zero attached hydrogens (tertiary/aromatic N) is 3. The van der Waals surface area contributed by atoms with Crippen LogP contribution in [0.25, 0.3) is 0 Å². The molecule has 17 heavy (non-hydrogen) atoms. The average molecular weight is 321 g/mol. The van der Waals surface area contributed by atoms with Crippen molar-refractivity contribution in [2.45, 2.75) is 20.8 Å². The summed E-state index contributed by atoms with van der Waals surface area (Å²) in [5, 5.41) is 8.19. The molecule has 0 spiro atoms. The van der Waals surface area contributed by atoms with Gasteiger partial charge in [0, 0.05) is 12.4 Å². The van der Waals surface area contributed by atoms with E-state index in [0.717, 1.165) is 0 Å². The van der Waals surface area contributed by atoms with E-state index in [1.54, 1.807) is 0 Å². The summed E-state index contributed by atoms with van der Waals surface area (Å²) < 4.78 is 0. The molecule has 0 aliphatic carbocycles. The van der Waals surface area contributed by atoms with Crippen molar-refractivity contribution >= 4 is 13.6 Å². The third-order valence-electron chi connectivity index (χ3n) is 0.678. The molecule has 0 aliphatic rings. The molecule has 1 heterocycles. The van der Waals surface area contributed by atoms with Crippen molar-refractivity contribution < 1.29 is 29.1 Å². The molecule has 0 saturated heterocycles. The van der Waals surface area contributed by atoms with Gasteiger partial charge >= 0.3 is 19.5 Å². The van der Waals surface area contributed by atoms with E-state index < -0.39 is 0 Å². The maximum absolute atomic E-state index is 8.19. The van der Waals surface area contributed by atoms with Gasteiger partial charge in [0.05, 0.1) is 6.20 Å². The SMILES string of the molecule is C[C-](C)C.N#Cc1cnccn1.[CH-]=O.[CH-]=O.[Ru+3]. The molecule has 0 aliphatic heterocycles. The summed E-state index contributed by atoms with van der Waals surface area (Å²) in [5.41, 5.74) is 0.354. The zero-order valence-electron chi connectivity index (χ0n) is 9.90. The van der Waals surface area contributed by atoms with Crippen molar-refractivity contribution in [3.63, 3.8) is 0 Å². The molecule has 0 saturated carbocycles. The van der Waals surface area contributed by atoms with E-state index in [1.165, 1.54) is 24.5 Å². The van der Waals surface area contributed by atoms with Crippen molar-refractivity contribution in [1.29, 1.82) is 5.26 Å². The Balaban J connectivity index is -0.0000000814. The summed E-state index contributed by atoms with van der Waals surface area (Å²) in [5.74, 6) is 1.42. The minimum Gasteiger partial charge on any atom is -0.545 e. The Kier molecular flexibility index (Phi) is 34.8. The van der Waals surface area contributed by atoms with Gasteiger partial charge in [0.25, 0.3) is 0 Å². The van der Waals surface area contributed by atoms with E-state index in [0.29, 0.717) is 5.69 Å². The molecular weight excluding hydrogens is 307 g/mol. The van der Waals surface area contributed by atoms with Gasteiger partial charge in [0.2, 0.25) is 0 Å². The first kappa shape index (κ1) is 24.7. The van der Waals surface area contributed by atoms with Gasteiger partial charge in [-0.2, -0.15) is 26.0 Å². The average Bonchev–Trinajstić information content (AvgIpc) is 2.34. The molecule has 0 amide bonds. The number of aromatic nitrogens is 2. The normalized spacial score (nSPS) is 6.29. The maximum Gasteiger partial charge on any atom is 3.00 e. The summed E-state index contributed by atoms with van der Waals surface area (Å²) in [6, 6.07) is 1.85. The second-order valence-corrected chi connectivity index (χ2v) is 2.70. The van der Waals surface area contributed by atoms with Crippen LogP contribution in [0.1, 0.15) is 26.5 Å². The molecule has 1 rings (SSSR count). The van der Waals surface area contributed by atoms with Crippen LogP contribution >= 0.6 is 0 Å². The Morgan fingerprint density at radius 1 is 1.18 bits per heavy atom. The summed E-state index contributed by atoms with van der Waals surface area (Å²) in [4.78, 5) is 22.8. The Morgan fingerprint density at radius 3 is 1.76 bits per heavy atom. The number of hydrogen-bond acceptors (Lipinski definition) is 5. The number of rotatable bonds is 0. The van der Waals surface area contributed by atoms with Crippen LogP contribution in [0.5, 0.6) is 0 Å². The Labute approximate surface area is 115 Å². The van der Waals surface area contributed by atoms with E-state index in [9.17, 15) is 0 Å². The van der Waals surface area contributed by atoms with Gasteiger partial charge in [-0.1, -0.05) is 0 Å². The molecule has 5 nitrogen and oxygen atoms in total. The number of carbonyl (C=O) groups excluding carboxylic acids is 2. The van der Waals surface area contributed by atoms with Crippen LogP contribution in [-0.4, -0.2) is 23.5 Å². The molecular formula is C11H14N3O2Ru.